The van der Waals surface area contributed by atoms with Gasteiger partial charge in [0.25, 0.3) is 0 Å². The third kappa shape index (κ3) is 5.14. The minimum Gasteiger partial charge on any atom is -0.326 e. The molecule has 134 valence electrons. The summed E-state index contributed by atoms with van der Waals surface area (Å²) in [5.74, 6) is -0.285. The third-order valence-electron chi connectivity index (χ3n) is 3.52. The van der Waals surface area contributed by atoms with E-state index >= 15 is 0 Å². The molecule has 0 atom stereocenters. The van der Waals surface area contributed by atoms with Crippen molar-refractivity contribution in [2.75, 3.05) is 10.6 Å². The molecule has 0 radical (unpaired) electrons. The van der Waals surface area contributed by atoms with Gasteiger partial charge in [0.2, 0.25) is 11.8 Å². The number of nitrogens with zero attached hydrogens (tertiary/aromatic N) is 1. The molecule has 2 heterocycles. The fourth-order valence-corrected chi connectivity index (χ4v) is 3.96. The highest BCUT2D eigenvalue weighted by Gasteiger charge is 2.12. The molecule has 1 aromatic carbocycles. The Balaban J connectivity index is 1.54. The van der Waals surface area contributed by atoms with Crippen LogP contribution in [0.5, 0.6) is 0 Å². The van der Waals surface area contributed by atoms with Gasteiger partial charge in [-0.1, -0.05) is 17.7 Å². The van der Waals surface area contributed by atoms with Crippen molar-refractivity contribution >= 4 is 56.9 Å². The molecular formula is C18H16ClN3O2S2. The number of aryl methyl sites for hydroxylation is 1. The van der Waals surface area contributed by atoms with Crippen molar-refractivity contribution in [2.45, 2.75) is 19.8 Å². The van der Waals surface area contributed by atoms with E-state index in [4.69, 9.17) is 11.6 Å². The zero-order valence-corrected chi connectivity index (χ0v) is 16.3. The van der Waals surface area contributed by atoms with Gasteiger partial charge in [0, 0.05) is 21.0 Å². The monoisotopic (exact) mass is 405 g/mol. The summed E-state index contributed by atoms with van der Waals surface area (Å²) in [4.78, 5) is 29.5. The lowest BCUT2D eigenvalue weighted by Crippen LogP contribution is -2.16. The highest BCUT2D eigenvalue weighted by molar-refractivity contribution is 7.14. The van der Waals surface area contributed by atoms with Gasteiger partial charge in [-0.25, -0.2) is 4.98 Å². The normalized spacial score (nSPS) is 10.5. The second-order valence-corrected chi connectivity index (χ2v) is 7.96. The number of thiazole rings is 1. The molecule has 0 aliphatic rings. The lowest BCUT2D eigenvalue weighted by atomic mass is 10.2. The second kappa shape index (κ2) is 8.44. The van der Waals surface area contributed by atoms with Crippen molar-refractivity contribution in [3.63, 3.8) is 0 Å². The predicted molar refractivity (Wildman–Crippen MR) is 107 cm³/mol. The van der Waals surface area contributed by atoms with Gasteiger partial charge in [0.05, 0.1) is 18.5 Å². The number of anilines is 2. The minimum absolute atomic E-state index is 0.116. The van der Waals surface area contributed by atoms with E-state index in [1.807, 2.05) is 24.4 Å². The van der Waals surface area contributed by atoms with Crippen LogP contribution in [0.3, 0.4) is 0 Å². The quantitative estimate of drug-likeness (QED) is 0.632. The van der Waals surface area contributed by atoms with Crippen LogP contribution >= 0.6 is 34.3 Å². The topological polar surface area (TPSA) is 71.1 Å². The SMILES string of the molecule is Cc1cc(Cl)ccc1NC(=O)Cc1csc(NC(=O)Cc2cccs2)n1. The summed E-state index contributed by atoms with van der Waals surface area (Å²) in [5, 5.41) is 10.4. The molecule has 2 N–H and O–H groups in total. The van der Waals surface area contributed by atoms with E-state index in [0.717, 1.165) is 16.1 Å². The van der Waals surface area contributed by atoms with Crippen LogP contribution in [-0.2, 0) is 22.4 Å². The van der Waals surface area contributed by atoms with Gasteiger partial charge >= 0.3 is 0 Å². The molecule has 0 bridgehead atoms. The first-order chi connectivity index (χ1) is 12.5. The molecule has 0 saturated heterocycles. The fraction of sp³-hybridized carbons (Fsp3) is 0.167. The highest BCUT2D eigenvalue weighted by Crippen LogP contribution is 2.21. The number of nitrogens with one attached hydrogen (secondary N) is 2. The maximum atomic E-state index is 12.2. The number of hydrogen-bond acceptors (Lipinski definition) is 5. The minimum atomic E-state index is -0.169. The number of benzene rings is 1. The molecule has 26 heavy (non-hydrogen) atoms. The van der Waals surface area contributed by atoms with Crippen molar-refractivity contribution in [3.8, 4) is 0 Å². The fourth-order valence-electron chi connectivity index (χ4n) is 2.31. The number of halogens is 1. The van der Waals surface area contributed by atoms with Crippen molar-refractivity contribution in [3.05, 3.63) is 62.2 Å². The first kappa shape index (κ1) is 18.6. The Morgan fingerprint density at radius 1 is 1.12 bits per heavy atom. The number of amides is 2. The standard InChI is InChI=1S/C18H16ClN3O2S2/c1-11-7-12(19)4-5-15(11)21-16(23)8-13-10-26-18(20-13)22-17(24)9-14-3-2-6-25-14/h2-7,10H,8-9H2,1H3,(H,21,23)(H,20,22,24). The smallest absolute Gasteiger partial charge is 0.231 e. The van der Waals surface area contributed by atoms with E-state index < -0.39 is 0 Å². The average Bonchev–Trinajstić information content (AvgIpc) is 3.22. The number of thiophene rings is 1. The summed E-state index contributed by atoms with van der Waals surface area (Å²) >= 11 is 8.76. The maximum absolute atomic E-state index is 12.2. The molecule has 5 nitrogen and oxygen atoms in total. The first-order valence-electron chi connectivity index (χ1n) is 7.82. The zero-order chi connectivity index (χ0) is 18.5. The Hall–Kier alpha value is -2.22. The maximum Gasteiger partial charge on any atom is 0.231 e. The van der Waals surface area contributed by atoms with Crippen molar-refractivity contribution in [2.24, 2.45) is 0 Å². The molecular weight excluding hydrogens is 390 g/mol. The molecule has 2 amide bonds. The summed E-state index contributed by atoms with van der Waals surface area (Å²) in [6.45, 7) is 1.88. The number of rotatable bonds is 6. The Bertz CT molecular complexity index is 922. The highest BCUT2D eigenvalue weighted by atomic mass is 35.5. The lowest BCUT2D eigenvalue weighted by molar-refractivity contribution is -0.116. The molecule has 3 aromatic rings. The lowest BCUT2D eigenvalue weighted by Gasteiger charge is -2.07. The van der Waals surface area contributed by atoms with Crippen molar-refractivity contribution in [1.29, 1.82) is 0 Å². The Morgan fingerprint density at radius 3 is 2.65 bits per heavy atom. The van der Waals surface area contributed by atoms with Gasteiger partial charge < -0.3 is 10.6 Å². The van der Waals surface area contributed by atoms with Crippen LogP contribution in [-0.4, -0.2) is 16.8 Å². The van der Waals surface area contributed by atoms with E-state index in [2.05, 4.69) is 15.6 Å². The Kier molecular flexibility index (Phi) is 6.03. The second-order valence-electron chi connectivity index (χ2n) is 5.63. The summed E-state index contributed by atoms with van der Waals surface area (Å²) in [6, 6.07) is 9.12. The summed E-state index contributed by atoms with van der Waals surface area (Å²) in [7, 11) is 0. The summed E-state index contributed by atoms with van der Waals surface area (Å²) in [5.41, 5.74) is 2.23. The Morgan fingerprint density at radius 2 is 1.92 bits per heavy atom. The van der Waals surface area contributed by atoms with Crippen LogP contribution in [0.2, 0.25) is 5.02 Å². The van der Waals surface area contributed by atoms with Gasteiger partial charge in [-0.15, -0.1) is 22.7 Å². The molecule has 8 heteroatoms. The van der Waals surface area contributed by atoms with Crippen molar-refractivity contribution < 1.29 is 9.59 Å². The van der Waals surface area contributed by atoms with Gasteiger partial charge in [0.15, 0.2) is 5.13 Å². The molecule has 0 aliphatic carbocycles. The molecule has 3 rings (SSSR count). The largest absolute Gasteiger partial charge is 0.326 e. The average molecular weight is 406 g/mol. The third-order valence-corrected chi connectivity index (χ3v) is 5.44. The summed E-state index contributed by atoms with van der Waals surface area (Å²) < 4.78 is 0. The molecule has 0 spiro atoms. The number of aromatic nitrogens is 1. The molecule has 0 fully saturated rings. The number of hydrogen-bond donors (Lipinski definition) is 2. The molecule has 2 aromatic heterocycles. The van der Waals surface area contributed by atoms with Crippen LogP contribution < -0.4 is 10.6 Å². The van der Waals surface area contributed by atoms with E-state index in [9.17, 15) is 9.59 Å². The van der Waals surface area contributed by atoms with Gasteiger partial charge in [-0.2, -0.15) is 0 Å². The van der Waals surface area contributed by atoms with Crippen LogP contribution in [0.15, 0.2) is 41.1 Å². The number of carbonyl (C=O) groups is 2. The van der Waals surface area contributed by atoms with Gasteiger partial charge in [0.1, 0.15) is 0 Å². The summed E-state index contributed by atoms with van der Waals surface area (Å²) in [6.07, 6.45) is 0.461. The van der Waals surface area contributed by atoms with Crippen LogP contribution in [0.25, 0.3) is 0 Å². The molecule has 0 unspecified atom stereocenters. The van der Waals surface area contributed by atoms with E-state index in [0.29, 0.717) is 22.3 Å². The predicted octanol–water partition coefficient (Wildman–Crippen LogP) is 4.53. The van der Waals surface area contributed by atoms with E-state index in [1.54, 1.807) is 23.6 Å². The molecule has 0 aliphatic heterocycles. The van der Waals surface area contributed by atoms with E-state index in [1.165, 1.54) is 22.7 Å². The van der Waals surface area contributed by atoms with Gasteiger partial charge in [-0.05, 0) is 42.1 Å². The van der Waals surface area contributed by atoms with Crippen LogP contribution in [0.4, 0.5) is 10.8 Å². The van der Waals surface area contributed by atoms with E-state index in [-0.39, 0.29) is 18.2 Å². The van der Waals surface area contributed by atoms with Crippen molar-refractivity contribution in [1.82, 2.24) is 4.98 Å². The van der Waals surface area contributed by atoms with Gasteiger partial charge in [-0.3, -0.25) is 9.59 Å². The zero-order valence-electron chi connectivity index (χ0n) is 13.9. The Labute approximate surface area is 164 Å². The van der Waals surface area contributed by atoms with Crippen LogP contribution in [0.1, 0.15) is 16.1 Å². The van der Waals surface area contributed by atoms with Crippen LogP contribution in [0, 0.1) is 6.92 Å². The number of carbonyl (C=O) groups excluding carboxylic acids is 2. The molecule has 0 saturated carbocycles. The first-order valence-corrected chi connectivity index (χ1v) is 9.96.